The van der Waals surface area contributed by atoms with Gasteiger partial charge in [0.05, 0.1) is 0 Å². The number of hydrogen-bond acceptors (Lipinski definition) is 5. The molecule has 5 nitrogen and oxygen atoms in total. The van der Waals surface area contributed by atoms with Gasteiger partial charge in [-0.05, 0) is 20.8 Å². The highest BCUT2D eigenvalue weighted by molar-refractivity contribution is 6.75. The third-order valence-corrected chi connectivity index (χ3v) is 6.79. The standard InChI is InChI=1S/C20H24O5Si/c1-4-23-26(24-5-2,25-6-3)18-14-12-17(13-15-18)20(22)19(21)16-10-8-7-9-11-16/h7-15H,4-6H2,1-3H3. The smallest absolute Gasteiger partial charge is 0.370 e. The quantitative estimate of drug-likeness (QED) is 0.364. The minimum atomic E-state index is -3.02. The van der Waals surface area contributed by atoms with E-state index >= 15 is 0 Å². The van der Waals surface area contributed by atoms with Crippen LogP contribution in [-0.4, -0.2) is 40.2 Å². The van der Waals surface area contributed by atoms with Crippen LogP contribution < -0.4 is 5.19 Å². The zero-order valence-corrected chi connectivity index (χ0v) is 16.4. The molecule has 0 amide bonds. The molecule has 138 valence electrons. The Hall–Kier alpha value is -2.12. The number of hydrogen-bond donors (Lipinski definition) is 0. The van der Waals surface area contributed by atoms with Gasteiger partial charge in [0.1, 0.15) is 0 Å². The molecular formula is C20H24O5Si. The molecule has 0 saturated heterocycles. The summed E-state index contributed by atoms with van der Waals surface area (Å²) in [5.74, 6) is -1.07. The first-order valence-electron chi connectivity index (χ1n) is 8.74. The number of benzene rings is 2. The maximum atomic E-state index is 12.5. The molecule has 0 spiro atoms. The Morgan fingerprint density at radius 2 is 1.12 bits per heavy atom. The molecule has 2 aromatic rings. The molecule has 0 aromatic heterocycles. The van der Waals surface area contributed by atoms with Gasteiger partial charge in [0.15, 0.2) is 0 Å². The Bertz CT molecular complexity index is 711. The molecule has 0 aliphatic heterocycles. The summed E-state index contributed by atoms with van der Waals surface area (Å²) in [6.45, 7) is 7.03. The van der Waals surface area contributed by atoms with Crippen molar-refractivity contribution in [3.8, 4) is 0 Å². The number of ketones is 2. The molecule has 26 heavy (non-hydrogen) atoms. The van der Waals surface area contributed by atoms with E-state index in [1.54, 1.807) is 54.6 Å². The number of carbonyl (C=O) groups excluding carboxylic acids is 2. The van der Waals surface area contributed by atoms with Crippen molar-refractivity contribution >= 4 is 25.6 Å². The molecule has 0 aliphatic rings. The molecule has 0 atom stereocenters. The lowest BCUT2D eigenvalue weighted by Crippen LogP contribution is -2.56. The van der Waals surface area contributed by atoms with Gasteiger partial charge in [-0.3, -0.25) is 9.59 Å². The van der Waals surface area contributed by atoms with Crippen LogP contribution in [0.1, 0.15) is 41.5 Å². The highest BCUT2D eigenvalue weighted by Crippen LogP contribution is 2.13. The van der Waals surface area contributed by atoms with Gasteiger partial charge < -0.3 is 13.3 Å². The van der Waals surface area contributed by atoms with Crippen LogP contribution in [0.15, 0.2) is 54.6 Å². The lowest BCUT2D eigenvalue weighted by Gasteiger charge is -2.28. The van der Waals surface area contributed by atoms with Gasteiger partial charge in [0.25, 0.3) is 0 Å². The molecule has 0 heterocycles. The first-order valence-corrected chi connectivity index (χ1v) is 10.5. The van der Waals surface area contributed by atoms with Crippen molar-refractivity contribution in [2.45, 2.75) is 20.8 Å². The van der Waals surface area contributed by atoms with Crippen LogP contribution in [0.25, 0.3) is 0 Å². The van der Waals surface area contributed by atoms with Crippen molar-refractivity contribution in [1.29, 1.82) is 0 Å². The van der Waals surface area contributed by atoms with Crippen molar-refractivity contribution in [1.82, 2.24) is 0 Å². The van der Waals surface area contributed by atoms with E-state index in [9.17, 15) is 9.59 Å². The summed E-state index contributed by atoms with van der Waals surface area (Å²) >= 11 is 0. The van der Waals surface area contributed by atoms with Crippen molar-refractivity contribution < 1.29 is 22.9 Å². The molecule has 6 heteroatoms. The average Bonchev–Trinajstić information content (AvgIpc) is 2.68. The molecule has 2 aromatic carbocycles. The highest BCUT2D eigenvalue weighted by Gasteiger charge is 2.43. The van der Waals surface area contributed by atoms with Crippen LogP contribution in [0.2, 0.25) is 0 Å². The van der Waals surface area contributed by atoms with E-state index in [0.717, 1.165) is 5.19 Å². The van der Waals surface area contributed by atoms with E-state index in [-0.39, 0.29) is 0 Å². The van der Waals surface area contributed by atoms with Crippen LogP contribution in [0.3, 0.4) is 0 Å². The Morgan fingerprint density at radius 3 is 1.54 bits per heavy atom. The third kappa shape index (κ3) is 4.53. The van der Waals surface area contributed by atoms with Gasteiger partial charge >= 0.3 is 8.80 Å². The Morgan fingerprint density at radius 1 is 0.692 bits per heavy atom. The first kappa shape index (κ1) is 20.2. The Labute approximate surface area is 155 Å². The van der Waals surface area contributed by atoms with E-state index in [1.165, 1.54) is 0 Å². The maximum Gasteiger partial charge on any atom is 0.537 e. The Balaban J connectivity index is 2.28. The highest BCUT2D eigenvalue weighted by atomic mass is 28.4. The summed E-state index contributed by atoms with van der Waals surface area (Å²) in [6, 6.07) is 15.3. The second-order valence-electron chi connectivity index (χ2n) is 5.46. The lowest BCUT2D eigenvalue weighted by molar-refractivity contribution is 0.0816. The minimum Gasteiger partial charge on any atom is -0.370 e. The molecule has 0 unspecified atom stereocenters. The molecular weight excluding hydrogens is 348 g/mol. The normalized spacial score (nSPS) is 11.3. The molecule has 0 fully saturated rings. The summed E-state index contributed by atoms with van der Waals surface area (Å²) in [7, 11) is -3.02. The van der Waals surface area contributed by atoms with Gasteiger partial charge in [-0.15, -0.1) is 0 Å². The van der Waals surface area contributed by atoms with Crippen LogP contribution >= 0.6 is 0 Å². The fourth-order valence-electron chi connectivity index (χ4n) is 2.62. The second-order valence-corrected chi connectivity index (χ2v) is 8.01. The summed E-state index contributed by atoms with van der Waals surface area (Å²) in [4.78, 5) is 24.8. The minimum absolute atomic E-state index is 0.329. The summed E-state index contributed by atoms with van der Waals surface area (Å²) in [6.07, 6.45) is 0. The summed E-state index contributed by atoms with van der Waals surface area (Å²) < 4.78 is 17.6. The number of Topliss-reactive ketones (excluding diaryl/α,β-unsaturated/α-hetero) is 2. The third-order valence-electron chi connectivity index (χ3n) is 3.75. The first-order chi connectivity index (χ1) is 12.6. The van der Waals surface area contributed by atoms with E-state index < -0.39 is 20.4 Å². The number of carbonyl (C=O) groups is 2. The van der Waals surface area contributed by atoms with E-state index in [4.69, 9.17) is 13.3 Å². The summed E-state index contributed by atoms with van der Waals surface area (Å²) in [5, 5.41) is 0.770. The van der Waals surface area contributed by atoms with Crippen molar-refractivity contribution in [2.24, 2.45) is 0 Å². The average molecular weight is 372 g/mol. The van der Waals surface area contributed by atoms with Crippen LogP contribution in [0, 0.1) is 0 Å². The SMILES string of the molecule is CCO[Si](OCC)(OCC)c1ccc(C(=O)C(=O)c2ccccc2)cc1. The fraction of sp³-hybridized carbons (Fsp3) is 0.300. The fourth-order valence-corrected chi connectivity index (χ4v) is 5.09. The van der Waals surface area contributed by atoms with E-state index in [0.29, 0.717) is 30.9 Å². The van der Waals surface area contributed by atoms with Gasteiger partial charge in [-0.2, -0.15) is 0 Å². The van der Waals surface area contributed by atoms with Crippen molar-refractivity contribution in [3.63, 3.8) is 0 Å². The van der Waals surface area contributed by atoms with E-state index in [2.05, 4.69) is 0 Å². The molecule has 0 radical (unpaired) electrons. The predicted octanol–water partition coefficient (Wildman–Crippen LogP) is 3.01. The summed E-state index contributed by atoms with van der Waals surface area (Å²) in [5.41, 5.74) is 0.707. The topological polar surface area (TPSA) is 61.8 Å². The van der Waals surface area contributed by atoms with E-state index in [1.807, 2.05) is 20.8 Å². The monoisotopic (exact) mass is 372 g/mol. The largest absolute Gasteiger partial charge is 0.537 e. The van der Waals surface area contributed by atoms with Gasteiger partial charge in [0.2, 0.25) is 11.6 Å². The van der Waals surface area contributed by atoms with Crippen LogP contribution in [0.4, 0.5) is 0 Å². The molecule has 0 bridgehead atoms. The maximum absolute atomic E-state index is 12.5. The van der Waals surface area contributed by atoms with Crippen molar-refractivity contribution in [2.75, 3.05) is 19.8 Å². The zero-order chi connectivity index (χ0) is 19.0. The van der Waals surface area contributed by atoms with Crippen LogP contribution in [0.5, 0.6) is 0 Å². The molecule has 0 saturated carbocycles. The molecule has 2 rings (SSSR count). The van der Waals surface area contributed by atoms with Gasteiger partial charge in [-0.1, -0.05) is 54.6 Å². The zero-order valence-electron chi connectivity index (χ0n) is 15.4. The second kappa shape index (κ2) is 9.54. The predicted molar refractivity (Wildman–Crippen MR) is 102 cm³/mol. The van der Waals surface area contributed by atoms with Gasteiger partial charge in [-0.25, -0.2) is 0 Å². The van der Waals surface area contributed by atoms with Crippen LogP contribution in [-0.2, 0) is 13.3 Å². The van der Waals surface area contributed by atoms with Crippen molar-refractivity contribution in [3.05, 3.63) is 65.7 Å². The van der Waals surface area contributed by atoms with Gasteiger partial charge in [0, 0.05) is 36.1 Å². The lowest BCUT2D eigenvalue weighted by atomic mass is 10.0. The molecule has 0 aliphatic carbocycles. The number of rotatable bonds is 10. The molecule has 0 N–H and O–H groups in total. The Kier molecular flexibility index (Phi) is 7.41.